The molecular formula is C14H19N. The summed E-state index contributed by atoms with van der Waals surface area (Å²) in [5, 5.41) is 0. The minimum absolute atomic E-state index is 0.781. The van der Waals surface area contributed by atoms with Crippen molar-refractivity contribution in [3.05, 3.63) is 29.3 Å². The first kappa shape index (κ1) is 11.7. The van der Waals surface area contributed by atoms with E-state index in [-0.39, 0.29) is 0 Å². The predicted molar refractivity (Wildman–Crippen MR) is 66.6 cm³/mol. The highest BCUT2D eigenvalue weighted by atomic mass is 14.5. The summed E-state index contributed by atoms with van der Waals surface area (Å²) in [5.41, 5.74) is 8.78. The Labute approximate surface area is 92.7 Å². The van der Waals surface area contributed by atoms with E-state index in [0.29, 0.717) is 0 Å². The molecule has 15 heavy (non-hydrogen) atoms. The molecule has 0 aliphatic carbocycles. The molecule has 0 saturated heterocycles. The molecule has 1 rings (SSSR count). The van der Waals surface area contributed by atoms with Gasteiger partial charge in [0.15, 0.2) is 0 Å². The van der Waals surface area contributed by atoms with Gasteiger partial charge in [0.2, 0.25) is 0 Å². The van der Waals surface area contributed by atoms with Crippen molar-refractivity contribution in [2.24, 2.45) is 0 Å². The fourth-order valence-corrected chi connectivity index (χ4v) is 1.40. The van der Waals surface area contributed by atoms with Crippen LogP contribution in [0.25, 0.3) is 0 Å². The highest BCUT2D eigenvalue weighted by Gasteiger charge is 1.94. The number of unbranched alkanes of at least 4 members (excludes halogenated alkanes) is 3. The number of nitrogens with two attached hydrogens (primary N) is 1. The molecule has 0 unspecified atom stereocenters. The van der Waals surface area contributed by atoms with Crippen molar-refractivity contribution in [3.8, 4) is 11.8 Å². The van der Waals surface area contributed by atoms with Crippen LogP contribution in [0.15, 0.2) is 18.2 Å². The Kier molecular flexibility index (Phi) is 4.77. The quantitative estimate of drug-likeness (QED) is 0.452. The summed E-state index contributed by atoms with van der Waals surface area (Å²) in [6.07, 6.45) is 4.67. The third-order valence-corrected chi connectivity index (χ3v) is 2.34. The van der Waals surface area contributed by atoms with Gasteiger partial charge in [-0.2, -0.15) is 0 Å². The van der Waals surface area contributed by atoms with Gasteiger partial charge in [-0.25, -0.2) is 0 Å². The van der Waals surface area contributed by atoms with Crippen LogP contribution in [-0.4, -0.2) is 0 Å². The zero-order valence-corrected chi connectivity index (χ0v) is 9.64. The summed E-state index contributed by atoms with van der Waals surface area (Å²) >= 11 is 0. The highest BCUT2D eigenvalue weighted by Crippen LogP contribution is 2.12. The predicted octanol–water partition coefficient (Wildman–Crippen LogP) is 3.51. The molecule has 0 bridgehead atoms. The molecule has 1 aromatic carbocycles. The topological polar surface area (TPSA) is 26.0 Å². The van der Waals surface area contributed by atoms with Crippen molar-refractivity contribution in [2.45, 2.75) is 39.5 Å². The summed E-state index contributed by atoms with van der Waals surface area (Å²) < 4.78 is 0. The molecule has 0 aliphatic rings. The zero-order valence-electron chi connectivity index (χ0n) is 9.64. The van der Waals surface area contributed by atoms with Crippen molar-refractivity contribution in [1.29, 1.82) is 0 Å². The molecule has 0 aromatic heterocycles. The Bertz CT molecular complexity index is 369. The second-order valence-electron chi connectivity index (χ2n) is 3.85. The van der Waals surface area contributed by atoms with Crippen LogP contribution in [0.3, 0.4) is 0 Å². The number of rotatable bonds is 3. The molecule has 0 radical (unpaired) electrons. The lowest BCUT2D eigenvalue weighted by Gasteiger charge is -1.98. The van der Waals surface area contributed by atoms with Gasteiger partial charge in [-0.3, -0.25) is 0 Å². The van der Waals surface area contributed by atoms with Gasteiger partial charge in [-0.05, 0) is 31.0 Å². The van der Waals surface area contributed by atoms with Crippen LogP contribution in [0.2, 0.25) is 0 Å². The lowest BCUT2D eigenvalue weighted by molar-refractivity contribution is 0.737. The zero-order chi connectivity index (χ0) is 11.1. The summed E-state index contributed by atoms with van der Waals surface area (Å²) in [7, 11) is 0. The Hall–Kier alpha value is -1.42. The van der Waals surface area contributed by atoms with Gasteiger partial charge in [0.25, 0.3) is 0 Å². The van der Waals surface area contributed by atoms with Gasteiger partial charge in [-0.15, -0.1) is 0 Å². The third-order valence-electron chi connectivity index (χ3n) is 2.34. The second kappa shape index (κ2) is 6.14. The van der Waals surface area contributed by atoms with Crippen LogP contribution in [-0.2, 0) is 0 Å². The molecule has 80 valence electrons. The van der Waals surface area contributed by atoms with Gasteiger partial charge < -0.3 is 5.73 Å². The molecular weight excluding hydrogens is 182 g/mol. The Morgan fingerprint density at radius 2 is 2.07 bits per heavy atom. The fourth-order valence-electron chi connectivity index (χ4n) is 1.40. The molecule has 0 atom stereocenters. The first-order valence-corrected chi connectivity index (χ1v) is 5.59. The SMILES string of the molecule is CCCCCC#Cc1cc(C)ccc1N. The van der Waals surface area contributed by atoms with E-state index in [2.05, 4.69) is 25.7 Å². The number of anilines is 1. The van der Waals surface area contributed by atoms with Crippen LogP contribution in [0.5, 0.6) is 0 Å². The lowest BCUT2D eigenvalue weighted by Crippen LogP contribution is -1.90. The number of aryl methyl sites for hydroxylation is 1. The van der Waals surface area contributed by atoms with Crippen LogP contribution in [0.4, 0.5) is 5.69 Å². The minimum atomic E-state index is 0.781. The molecule has 2 N–H and O–H groups in total. The summed E-state index contributed by atoms with van der Waals surface area (Å²) in [6, 6.07) is 5.98. The van der Waals surface area contributed by atoms with E-state index in [1.54, 1.807) is 0 Å². The van der Waals surface area contributed by atoms with Gasteiger partial charge in [0, 0.05) is 17.7 Å². The first-order chi connectivity index (χ1) is 7.24. The van der Waals surface area contributed by atoms with Gasteiger partial charge in [0.1, 0.15) is 0 Å². The van der Waals surface area contributed by atoms with E-state index in [1.807, 2.05) is 18.2 Å². The smallest absolute Gasteiger partial charge is 0.0477 e. The molecule has 0 aliphatic heterocycles. The van der Waals surface area contributed by atoms with Crippen LogP contribution < -0.4 is 5.73 Å². The maximum absolute atomic E-state index is 5.83. The molecule has 0 saturated carbocycles. The van der Waals surface area contributed by atoms with E-state index in [4.69, 9.17) is 5.73 Å². The van der Waals surface area contributed by atoms with E-state index >= 15 is 0 Å². The van der Waals surface area contributed by atoms with Crippen molar-refractivity contribution in [3.63, 3.8) is 0 Å². The van der Waals surface area contributed by atoms with E-state index in [1.165, 1.54) is 24.8 Å². The average Bonchev–Trinajstić information content (AvgIpc) is 2.23. The molecule has 0 amide bonds. The van der Waals surface area contributed by atoms with Gasteiger partial charge in [0.05, 0.1) is 0 Å². The Morgan fingerprint density at radius 3 is 2.80 bits per heavy atom. The maximum Gasteiger partial charge on any atom is 0.0477 e. The fraction of sp³-hybridized carbons (Fsp3) is 0.429. The number of nitrogen functional groups attached to an aromatic ring is 1. The van der Waals surface area contributed by atoms with Crippen molar-refractivity contribution >= 4 is 5.69 Å². The van der Waals surface area contributed by atoms with Gasteiger partial charge in [-0.1, -0.05) is 37.7 Å². The van der Waals surface area contributed by atoms with Crippen molar-refractivity contribution < 1.29 is 0 Å². The second-order valence-corrected chi connectivity index (χ2v) is 3.85. The molecule has 1 aromatic rings. The van der Waals surface area contributed by atoms with E-state index in [9.17, 15) is 0 Å². The molecule has 1 nitrogen and oxygen atoms in total. The standard InChI is InChI=1S/C14H19N/c1-3-4-5-6-7-8-13-11-12(2)9-10-14(13)15/h9-11H,3-6,15H2,1-2H3. The number of hydrogen-bond acceptors (Lipinski definition) is 1. The largest absolute Gasteiger partial charge is 0.398 e. The third kappa shape index (κ3) is 4.08. The lowest BCUT2D eigenvalue weighted by atomic mass is 10.1. The average molecular weight is 201 g/mol. The summed E-state index contributed by atoms with van der Waals surface area (Å²) in [4.78, 5) is 0. The van der Waals surface area contributed by atoms with E-state index < -0.39 is 0 Å². The van der Waals surface area contributed by atoms with Crippen LogP contribution in [0, 0.1) is 18.8 Å². The normalized spacial score (nSPS) is 9.47. The van der Waals surface area contributed by atoms with Gasteiger partial charge >= 0.3 is 0 Å². The molecule has 0 spiro atoms. The maximum atomic E-state index is 5.83. The van der Waals surface area contributed by atoms with Crippen LogP contribution in [0.1, 0.15) is 43.7 Å². The molecule has 0 heterocycles. The van der Waals surface area contributed by atoms with Crippen molar-refractivity contribution in [1.82, 2.24) is 0 Å². The summed E-state index contributed by atoms with van der Waals surface area (Å²) in [5.74, 6) is 6.31. The highest BCUT2D eigenvalue weighted by molar-refractivity contribution is 5.56. The van der Waals surface area contributed by atoms with Crippen LogP contribution >= 0.6 is 0 Å². The Balaban J connectivity index is 2.59. The first-order valence-electron chi connectivity index (χ1n) is 5.59. The number of hydrogen-bond donors (Lipinski definition) is 1. The molecule has 0 fully saturated rings. The summed E-state index contributed by atoms with van der Waals surface area (Å²) in [6.45, 7) is 4.26. The minimum Gasteiger partial charge on any atom is -0.398 e. The number of benzene rings is 1. The monoisotopic (exact) mass is 201 g/mol. The van der Waals surface area contributed by atoms with E-state index in [0.717, 1.165) is 17.7 Å². The Morgan fingerprint density at radius 1 is 1.27 bits per heavy atom. The molecule has 1 heteroatoms. The van der Waals surface area contributed by atoms with Crippen molar-refractivity contribution in [2.75, 3.05) is 5.73 Å².